The molecule has 0 aliphatic heterocycles. The van der Waals surface area contributed by atoms with Gasteiger partial charge >= 0.3 is 0 Å². The van der Waals surface area contributed by atoms with E-state index in [2.05, 4.69) is 75.4 Å². The molecule has 0 amide bonds. The second kappa shape index (κ2) is 8.39. The summed E-state index contributed by atoms with van der Waals surface area (Å²) in [5.41, 5.74) is 3.62. The number of hydrogen-bond acceptors (Lipinski definition) is 2. The number of rotatable bonds is 0. The zero-order valence-corrected chi connectivity index (χ0v) is 19.6. The fourth-order valence-corrected chi connectivity index (χ4v) is 4.45. The third-order valence-corrected chi connectivity index (χ3v) is 6.40. The molecule has 0 heterocycles. The molecule has 2 nitrogen and oxygen atoms in total. The summed E-state index contributed by atoms with van der Waals surface area (Å²) in [6.07, 6.45) is 0. The van der Waals surface area contributed by atoms with E-state index in [-0.39, 0.29) is 17.0 Å². The second-order valence-electron chi connectivity index (χ2n) is 9.76. The van der Waals surface area contributed by atoms with Gasteiger partial charge in [-0.1, -0.05) is 112 Å². The lowest BCUT2D eigenvalue weighted by molar-refractivity contribution is 0.0979. The maximum atomic E-state index is 12.1. The van der Waals surface area contributed by atoms with Crippen molar-refractivity contribution in [2.24, 2.45) is 0 Å². The third kappa shape index (κ3) is 3.92. The van der Waals surface area contributed by atoms with Gasteiger partial charge in [-0.15, -0.1) is 0 Å². The summed E-state index contributed by atoms with van der Waals surface area (Å²) in [4.78, 5) is 24.2. The normalized spacial score (nSPS) is 12.7. The van der Waals surface area contributed by atoms with E-state index in [0.29, 0.717) is 22.3 Å². The molecule has 6 rings (SSSR count). The molecule has 0 saturated heterocycles. The van der Waals surface area contributed by atoms with E-state index in [4.69, 9.17) is 0 Å². The highest BCUT2D eigenvalue weighted by molar-refractivity contribution is 6.28. The molecule has 0 atom stereocenters. The SMILES string of the molecule is CC(C)(C)c1ccc2cc3ccccc3cc2c1.O=C1c2ccccc2C(=O)c2ccccc21. The number of benzene rings is 5. The van der Waals surface area contributed by atoms with E-state index < -0.39 is 0 Å². The fraction of sp³-hybridized carbons (Fsp3) is 0.125. The van der Waals surface area contributed by atoms with Crippen LogP contribution >= 0.6 is 0 Å². The molecule has 1 aliphatic carbocycles. The first kappa shape index (κ1) is 21.8. The molecule has 1 aliphatic rings. The van der Waals surface area contributed by atoms with Crippen LogP contribution in [0.15, 0.2) is 103 Å². The lowest BCUT2D eigenvalue weighted by Gasteiger charge is -2.19. The zero-order valence-electron chi connectivity index (χ0n) is 19.6. The minimum absolute atomic E-state index is 0.0641. The van der Waals surface area contributed by atoms with E-state index >= 15 is 0 Å². The Bertz CT molecular complexity index is 1460. The molecule has 0 saturated carbocycles. The van der Waals surface area contributed by atoms with Crippen LogP contribution in [0.4, 0.5) is 0 Å². The molecule has 0 radical (unpaired) electrons. The summed E-state index contributed by atoms with van der Waals surface area (Å²) < 4.78 is 0. The highest BCUT2D eigenvalue weighted by Crippen LogP contribution is 2.29. The lowest BCUT2D eigenvalue weighted by atomic mass is 9.84. The number of carbonyl (C=O) groups is 2. The van der Waals surface area contributed by atoms with Gasteiger partial charge in [0.2, 0.25) is 0 Å². The first-order chi connectivity index (χ1) is 16.3. The van der Waals surface area contributed by atoms with Crippen LogP contribution in [-0.4, -0.2) is 11.6 Å². The maximum absolute atomic E-state index is 12.1. The topological polar surface area (TPSA) is 34.1 Å². The van der Waals surface area contributed by atoms with E-state index in [0.717, 1.165) is 0 Å². The maximum Gasteiger partial charge on any atom is 0.194 e. The van der Waals surface area contributed by atoms with Gasteiger partial charge in [0.05, 0.1) is 0 Å². The highest BCUT2D eigenvalue weighted by atomic mass is 16.1. The molecule has 2 heteroatoms. The van der Waals surface area contributed by atoms with Crippen LogP contribution in [0.3, 0.4) is 0 Å². The minimum Gasteiger partial charge on any atom is -0.289 e. The Hall–Kier alpha value is -4.04. The number of carbonyl (C=O) groups excluding carboxylic acids is 2. The summed E-state index contributed by atoms with van der Waals surface area (Å²) in [7, 11) is 0. The number of hydrogen-bond donors (Lipinski definition) is 0. The number of fused-ring (bicyclic) bond motifs is 4. The highest BCUT2D eigenvalue weighted by Gasteiger charge is 2.28. The van der Waals surface area contributed by atoms with Gasteiger partial charge in [-0.25, -0.2) is 0 Å². The third-order valence-electron chi connectivity index (χ3n) is 6.40. The monoisotopic (exact) mass is 442 g/mol. The Balaban J connectivity index is 0.000000142. The van der Waals surface area contributed by atoms with E-state index in [1.807, 2.05) is 0 Å². The van der Waals surface area contributed by atoms with Crippen molar-refractivity contribution in [2.75, 3.05) is 0 Å². The summed E-state index contributed by atoms with van der Waals surface area (Å²) in [6.45, 7) is 6.78. The van der Waals surface area contributed by atoms with Crippen LogP contribution in [-0.2, 0) is 5.41 Å². The molecule has 0 aromatic heterocycles. The second-order valence-corrected chi connectivity index (χ2v) is 9.76. The molecule has 166 valence electrons. The summed E-state index contributed by atoms with van der Waals surface area (Å²) in [6, 6.07) is 33.8. The van der Waals surface area contributed by atoms with Gasteiger partial charge in [0.25, 0.3) is 0 Å². The average Bonchev–Trinajstić information content (AvgIpc) is 2.85. The summed E-state index contributed by atoms with van der Waals surface area (Å²) >= 11 is 0. The summed E-state index contributed by atoms with van der Waals surface area (Å²) in [5, 5.41) is 5.28. The van der Waals surface area contributed by atoms with Gasteiger partial charge in [0.1, 0.15) is 0 Å². The van der Waals surface area contributed by atoms with Gasteiger partial charge in [-0.3, -0.25) is 9.59 Å². The van der Waals surface area contributed by atoms with E-state index in [1.54, 1.807) is 48.5 Å². The van der Waals surface area contributed by atoms with Crippen molar-refractivity contribution >= 4 is 33.1 Å². The quantitative estimate of drug-likeness (QED) is 0.225. The number of ketones is 2. The first-order valence-corrected chi connectivity index (χ1v) is 11.5. The van der Waals surface area contributed by atoms with Gasteiger partial charge < -0.3 is 0 Å². The van der Waals surface area contributed by atoms with Crippen LogP contribution < -0.4 is 0 Å². The lowest BCUT2D eigenvalue weighted by Crippen LogP contribution is -2.20. The molecule has 0 spiro atoms. The first-order valence-electron chi connectivity index (χ1n) is 11.5. The van der Waals surface area contributed by atoms with Gasteiger partial charge in [-0.2, -0.15) is 0 Å². The standard InChI is InChI=1S/C18H18.C14H8O2/c1-18(2,3)17-9-8-15-10-13-6-4-5-7-14(13)11-16(15)12-17;15-13-9-5-1-2-6-10(9)14(16)12-8-4-3-7-11(12)13/h4-12H,1-3H3;1-8H. The van der Waals surface area contributed by atoms with Crippen molar-refractivity contribution in [1.82, 2.24) is 0 Å². The smallest absolute Gasteiger partial charge is 0.194 e. The van der Waals surface area contributed by atoms with Crippen LogP contribution in [0.25, 0.3) is 21.5 Å². The molecule has 0 N–H and O–H groups in total. The van der Waals surface area contributed by atoms with Crippen LogP contribution in [0.1, 0.15) is 58.2 Å². The molecule has 0 unspecified atom stereocenters. The Morgan fingerprint density at radius 3 is 1.26 bits per heavy atom. The van der Waals surface area contributed by atoms with E-state index in [1.165, 1.54) is 27.1 Å². The summed E-state index contributed by atoms with van der Waals surface area (Å²) in [5.74, 6) is -0.128. The molecular formula is C32H26O2. The van der Waals surface area contributed by atoms with Gasteiger partial charge in [0.15, 0.2) is 11.6 Å². The Labute approximate surface area is 199 Å². The molecular weight excluding hydrogens is 416 g/mol. The molecule has 0 bridgehead atoms. The van der Waals surface area contributed by atoms with Gasteiger partial charge in [-0.05, 0) is 44.7 Å². The van der Waals surface area contributed by atoms with Crippen molar-refractivity contribution in [3.8, 4) is 0 Å². The molecule has 0 fully saturated rings. The van der Waals surface area contributed by atoms with Crippen molar-refractivity contribution in [3.63, 3.8) is 0 Å². The van der Waals surface area contributed by atoms with E-state index in [9.17, 15) is 9.59 Å². The predicted octanol–water partition coefficient (Wildman–Crippen LogP) is 7.75. The minimum atomic E-state index is -0.0641. The van der Waals surface area contributed by atoms with Gasteiger partial charge in [0, 0.05) is 22.3 Å². The zero-order chi connectivity index (χ0) is 23.9. The average molecular weight is 443 g/mol. The van der Waals surface area contributed by atoms with Crippen LogP contribution in [0.5, 0.6) is 0 Å². The van der Waals surface area contributed by atoms with Crippen molar-refractivity contribution in [1.29, 1.82) is 0 Å². The largest absolute Gasteiger partial charge is 0.289 e. The predicted molar refractivity (Wildman–Crippen MR) is 140 cm³/mol. The van der Waals surface area contributed by atoms with Crippen LogP contribution in [0, 0.1) is 0 Å². The Kier molecular flexibility index (Phi) is 5.37. The van der Waals surface area contributed by atoms with Crippen molar-refractivity contribution < 1.29 is 9.59 Å². The molecule has 5 aromatic rings. The molecule has 5 aromatic carbocycles. The fourth-order valence-electron chi connectivity index (χ4n) is 4.45. The molecule has 34 heavy (non-hydrogen) atoms. The Morgan fingerprint density at radius 1 is 0.441 bits per heavy atom. The Morgan fingerprint density at radius 2 is 0.824 bits per heavy atom. The van der Waals surface area contributed by atoms with Crippen LogP contribution in [0.2, 0.25) is 0 Å². The van der Waals surface area contributed by atoms with Crippen molar-refractivity contribution in [2.45, 2.75) is 26.2 Å². The van der Waals surface area contributed by atoms with Crippen molar-refractivity contribution in [3.05, 3.63) is 131 Å².